The Morgan fingerprint density at radius 2 is 1.87 bits per heavy atom. The van der Waals surface area contributed by atoms with Gasteiger partial charge < -0.3 is 19.9 Å². The maximum Gasteiger partial charge on any atom is 0.307 e. The van der Waals surface area contributed by atoms with E-state index in [4.69, 9.17) is 5.11 Å². The SMILES string of the molecule is O=C(O)Cc1c(I)n(Cc2ccccc2O)c2cc(O)ccc12. The highest BCUT2D eigenvalue weighted by molar-refractivity contribution is 14.1. The van der Waals surface area contributed by atoms with E-state index in [-0.39, 0.29) is 17.9 Å². The number of carboxylic acid groups (broad SMARTS) is 1. The summed E-state index contributed by atoms with van der Waals surface area (Å²) >= 11 is 2.11. The zero-order valence-electron chi connectivity index (χ0n) is 12.0. The van der Waals surface area contributed by atoms with Crippen LogP contribution in [0.1, 0.15) is 11.1 Å². The van der Waals surface area contributed by atoms with E-state index in [0.29, 0.717) is 12.1 Å². The first-order chi connectivity index (χ1) is 11.0. The van der Waals surface area contributed by atoms with Crippen LogP contribution in [0.5, 0.6) is 11.5 Å². The number of hydrogen-bond acceptors (Lipinski definition) is 3. The maximum atomic E-state index is 11.2. The van der Waals surface area contributed by atoms with Gasteiger partial charge in [-0.3, -0.25) is 4.79 Å². The van der Waals surface area contributed by atoms with Gasteiger partial charge >= 0.3 is 5.97 Å². The van der Waals surface area contributed by atoms with Gasteiger partial charge in [-0.25, -0.2) is 0 Å². The number of aliphatic carboxylic acids is 1. The molecule has 0 fully saturated rings. The van der Waals surface area contributed by atoms with Gasteiger partial charge in [-0.2, -0.15) is 0 Å². The molecule has 23 heavy (non-hydrogen) atoms. The van der Waals surface area contributed by atoms with Crippen molar-refractivity contribution < 1.29 is 20.1 Å². The third-order valence-electron chi connectivity index (χ3n) is 3.73. The lowest BCUT2D eigenvalue weighted by Crippen LogP contribution is -2.05. The molecule has 0 spiro atoms. The molecule has 3 N–H and O–H groups in total. The Bertz CT molecular complexity index is 901. The van der Waals surface area contributed by atoms with Gasteiger partial charge in [-0.05, 0) is 40.8 Å². The van der Waals surface area contributed by atoms with Crippen LogP contribution in [0.2, 0.25) is 0 Å². The number of phenols is 2. The van der Waals surface area contributed by atoms with E-state index < -0.39 is 5.97 Å². The summed E-state index contributed by atoms with van der Waals surface area (Å²) in [5, 5.41) is 29.7. The van der Waals surface area contributed by atoms with Crippen molar-refractivity contribution in [1.29, 1.82) is 0 Å². The lowest BCUT2D eigenvalue weighted by atomic mass is 10.1. The van der Waals surface area contributed by atoms with Gasteiger partial charge in [0, 0.05) is 22.6 Å². The van der Waals surface area contributed by atoms with Crippen LogP contribution in [0.15, 0.2) is 42.5 Å². The minimum atomic E-state index is -0.905. The van der Waals surface area contributed by atoms with Crippen LogP contribution in [-0.4, -0.2) is 25.9 Å². The summed E-state index contributed by atoms with van der Waals surface area (Å²) in [6.45, 7) is 0.393. The molecule has 0 bridgehead atoms. The fourth-order valence-corrected chi connectivity index (χ4v) is 3.58. The van der Waals surface area contributed by atoms with E-state index in [0.717, 1.165) is 20.2 Å². The van der Waals surface area contributed by atoms with Crippen LogP contribution < -0.4 is 0 Å². The zero-order valence-corrected chi connectivity index (χ0v) is 14.2. The number of carbonyl (C=O) groups is 1. The monoisotopic (exact) mass is 423 g/mol. The van der Waals surface area contributed by atoms with Crippen molar-refractivity contribution in [2.75, 3.05) is 0 Å². The largest absolute Gasteiger partial charge is 0.508 e. The van der Waals surface area contributed by atoms with E-state index in [1.807, 2.05) is 16.7 Å². The Balaban J connectivity index is 2.19. The summed E-state index contributed by atoms with van der Waals surface area (Å²) in [6, 6.07) is 11.9. The minimum Gasteiger partial charge on any atom is -0.508 e. The van der Waals surface area contributed by atoms with Crippen molar-refractivity contribution in [3.8, 4) is 11.5 Å². The number of aromatic hydroxyl groups is 2. The number of rotatable bonds is 4. The standard InChI is InChI=1S/C17H14INO4/c18-17-13(8-16(22)23)12-6-5-11(20)7-14(12)19(17)9-10-3-1-2-4-15(10)21/h1-7,20-21H,8-9H2,(H,22,23). The molecule has 0 radical (unpaired) electrons. The van der Waals surface area contributed by atoms with Crippen molar-refractivity contribution in [3.05, 3.63) is 57.3 Å². The number of nitrogens with zero attached hydrogens (tertiary/aromatic N) is 1. The normalized spacial score (nSPS) is 11.0. The second-order valence-corrected chi connectivity index (χ2v) is 6.28. The van der Waals surface area contributed by atoms with Crippen molar-refractivity contribution in [3.63, 3.8) is 0 Å². The highest BCUT2D eigenvalue weighted by atomic mass is 127. The average molecular weight is 423 g/mol. The Hall–Kier alpha value is -2.22. The van der Waals surface area contributed by atoms with Crippen molar-refractivity contribution >= 4 is 39.5 Å². The van der Waals surface area contributed by atoms with Crippen LogP contribution in [0, 0.1) is 3.70 Å². The molecule has 6 heteroatoms. The molecule has 0 saturated carbocycles. The summed E-state index contributed by atoms with van der Waals surface area (Å²) in [5.41, 5.74) is 2.19. The van der Waals surface area contributed by atoms with Gasteiger partial charge in [-0.1, -0.05) is 18.2 Å². The third kappa shape index (κ3) is 2.98. The highest BCUT2D eigenvalue weighted by Gasteiger charge is 2.18. The molecule has 3 aromatic rings. The molecule has 0 atom stereocenters. The lowest BCUT2D eigenvalue weighted by Gasteiger charge is -2.09. The Morgan fingerprint density at radius 1 is 1.13 bits per heavy atom. The van der Waals surface area contributed by atoms with E-state index in [1.165, 1.54) is 0 Å². The number of hydrogen-bond donors (Lipinski definition) is 3. The molecule has 1 heterocycles. The van der Waals surface area contributed by atoms with Crippen LogP contribution in [0.3, 0.4) is 0 Å². The third-order valence-corrected chi connectivity index (χ3v) is 4.96. The second kappa shape index (κ2) is 6.11. The molecule has 118 valence electrons. The quantitative estimate of drug-likeness (QED) is 0.563. The van der Waals surface area contributed by atoms with Crippen LogP contribution in [0.25, 0.3) is 10.9 Å². The van der Waals surface area contributed by atoms with Gasteiger partial charge in [0.1, 0.15) is 11.5 Å². The molecule has 0 aliphatic carbocycles. The number of aromatic nitrogens is 1. The van der Waals surface area contributed by atoms with Gasteiger partial charge in [0.2, 0.25) is 0 Å². The molecule has 0 aliphatic heterocycles. The summed E-state index contributed by atoms with van der Waals surface area (Å²) in [6.07, 6.45) is -0.0900. The Morgan fingerprint density at radius 3 is 2.57 bits per heavy atom. The summed E-state index contributed by atoms with van der Waals surface area (Å²) in [4.78, 5) is 11.2. The molecule has 3 rings (SSSR count). The number of para-hydroxylation sites is 1. The van der Waals surface area contributed by atoms with Gasteiger partial charge in [0.15, 0.2) is 0 Å². The van der Waals surface area contributed by atoms with Crippen molar-refractivity contribution in [1.82, 2.24) is 4.57 Å². The Kier molecular flexibility index (Phi) is 4.16. The van der Waals surface area contributed by atoms with Crippen LogP contribution in [0.4, 0.5) is 0 Å². The first-order valence-electron chi connectivity index (χ1n) is 6.95. The molecule has 1 aromatic heterocycles. The van der Waals surface area contributed by atoms with E-state index in [1.54, 1.807) is 30.3 Å². The average Bonchev–Trinajstić information content (AvgIpc) is 2.74. The molecule has 0 aliphatic rings. The van der Waals surface area contributed by atoms with Crippen LogP contribution >= 0.6 is 22.6 Å². The summed E-state index contributed by atoms with van der Waals surface area (Å²) in [7, 11) is 0. The minimum absolute atomic E-state index is 0.0900. The summed E-state index contributed by atoms with van der Waals surface area (Å²) < 4.78 is 2.69. The number of carboxylic acids is 1. The first-order valence-corrected chi connectivity index (χ1v) is 8.03. The predicted octanol–water partition coefficient (Wildman–Crippen LogP) is 3.33. The molecule has 5 nitrogen and oxygen atoms in total. The van der Waals surface area contributed by atoms with Crippen LogP contribution in [-0.2, 0) is 17.8 Å². The maximum absolute atomic E-state index is 11.2. The topological polar surface area (TPSA) is 82.7 Å². The molecule has 0 saturated heterocycles. The van der Waals surface area contributed by atoms with E-state index in [9.17, 15) is 15.0 Å². The fourth-order valence-electron chi connectivity index (χ4n) is 2.67. The first kappa shape index (κ1) is 15.7. The zero-order chi connectivity index (χ0) is 16.6. The number of fused-ring (bicyclic) bond motifs is 1. The van der Waals surface area contributed by atoms with Gasteiger partial charge in [-0.15, -0.1) is 0 Å². The van der Waals surface area contributed by atoms with Gasteiger partial charge in [0.25, 0.3) is 0 Å². The van der Waals surface area contributed by atoms with Crippen molar-refractivity contribution in [2.45, 2.75) is 13.0 Å². The number of phenolic OH excluding ortho intramolecular Hbond substituents is 2. The molecular weight excluding hydrogens is 409 g/mol. The molecular formula is C17H14INO4. The molecule has 0 amide bonds. The molecule has 2 aromatic carbocycles. The second-order valence-electron chi connectivity index (χ2n) is 5.26. The van der Waals surface area contributed by atoms with Crippen molar-refractivity contribution in [2.24, 2.45) is 0 Å². The number of halogens is 1. The Labute approximate surface area is 145 Å². The smallest absolute Gasteiger partial charge is 0.307 e. The van der Waals surface area contributed by atoms with Gasteiger partial charge in [0.05, 0.1) is 22.2 Å². The predicted molar refractivity (Wildman–Crippen MR) is 94.9 cm³/mol. The fraction of sp³-hybridized carbons (Fsp3) is 0.118. The number of benzene rings is 2. The lowest BCUT2D eigenvalue weighted by molar-refractivity contribution is -0.136. The summed E-state index contributed by atoms with van der Waals surface area (Å²) in [5.74, 6) is -0.602. The highest BCUT2D eigenvalue weighted by Crippen LogP contribution is 2.32. The van der Waals surface area contributed by atoms with E-state index in [2.05, 4.69) is 22.6 Å². The molecule has 0 unspecified atom stereocenters. The van der Waals surface area contributed by atoms with E-state index >= 15 is 0 Å².